The maximum absolute atomic E-state index is 12.6. The SMILES string of the molecule is COc1ccccc1N1CC(C(=O)Nc2ccc(OCC#N)cc2)CC1=O. The van der Waals surface area contributed by atoms with Crippen molar-refractivity contribution >= 4 is 23.2 Å². The van der Waals surface area contributed by atoms with E-state index in [9.17, 15) is 9.59 Å². The van der Waals surface area contributed by atoms with Crippen LogP contribution in [-0.4, -0.2) is 32.1 Å². The summed E-state index contributed by atoms with van der Waals surface area (Å²) in [5.41, 5.74) is 1.27. The summed E-state index contributed by atoms with van der Waals surface area (Å²) in [6.45, 7) is 0.267. The van der Waals surface area contributed by atoms with Gasteiger partial charge in [0.25, 0.3) is 0 Å². The van der Waals surface area contributed by atoms with Crippen molar-refractivity contribution in [2.24, 2.45) is 5.92 Å². The Bertz CT molecular complexity index is 874. The summed E-state index contributed by atoms with van der Waals surface area (Å²) in [4.78, 5) is 26.5. The van der Waals surface area contributed by atoms with E-state index in [4.69, 9.17) is 14.7 Å². The Morgan fingerprint density at radius 2 is 2.00 bits per heavy atom. The number of hydrogen-bond donors (Lipinski definition) is 1. The van der Waals surface area contributed by atoms with Gasteiger partial charge in [-0.25, -0.2) is 0 Å². The van der Waals surface area contributed by atoms with E-state index < -0.39 is 5.92 Å². The van der Waals surface area contributed by atoms with Gasteiger partial charge in [-0.1, -0.05) is 12.1 Å². The second-order valence-electron chi connectivity index (χ2n) is 6.04. The van der Waals surface area contributed by atoms with Gasteiger partial charge in [0.2, 0.25) is 11.8 Å². The van der Waals surface area contributed by atoms with Crippen LogP contribution in [0.3, 0.4) is 0 Å². The molecule has 7 nitrogen and oxygen atoms in total. The molecule has 1 atom stereocenters. The number of carbonyl (C=O) groups excluding carboxylic acids is 2. The zero-order chi connectivity index (χ0) is 19.2. The minimum Gasteiger partial charge on any atom is -0.495 e. The van der Waals surface area contributed by atoms with Crippen molar-refractivity contribution in [1.29, 1.82) is 5.26 Å². The van der Waals surface area contributed by atoms with Crippen molar-refractivity contribution in [2.75, 3.05) is 30.5 Å². The van der Waals surface area contributed by atoms with Crippen LogP contribution in [0.5, 0.6) is 11.5 Å². The zero-order valence-corrected chi connectivity index (χ0v) is 14.8. The zero-order valence-electron chi connectivity index (χ0n) is 14.8. The van der Waals surface area contributed by atoms with Crippen molar-refractivity contribution in [1.82, 2.24) is 0 Å². The van der Waals surface area contributed by atoms with Crippen molar-refractivity contribution < 1.29 is 19.1 Å². The summed E-state index contributed by atoms with van der Waals surface area (Å²) in [6, 6.07) is 15.9. The van der Waals surface area contributed by atoms with Gasteiger partial charge in [0.05, 0.1) is 18.7 Å². The number of amides is 2. The van der Waals surface area contributed by atoms with Crippen LogP contribution in [0.4, 0.5) is 11.4 Å². The molecule has 27 heavy (non-hydrogen) atoms. The normalized spacial score (nSPS) is 15.9. The van der Waals surface area contributed by atoms with Gasteiger partial charge in [0.15, 0.2) is 6.61 Å². The van der Waals surface area contributed by atoms with Gasteiger partial charge in [-0.15, -0.1) is 0 Å². The molecule has 138 valence electrons. The van der Waals surface area contributed by atoms with E-state index in [1.165, 1.54) is 0 Å². The summed E-state index contributed by atoms with van der Waals surface area (Å²) in [6.07, 6.45) is 0.146. The van der Waals surface area contributed by atoms with E-state index in [1.807, 2.05) is 18.2 Å². The van der Waals surface area contributed by atoms with Crippen molar-refractivity contribution in [3.8, 4) is 17.6 Å². The van der Waals surface area contributed by atoms with Crippen LogP contribution in [0.15, 0.2) is 48.5 Å². The number of anilines is 2. The lowest BCUT2D eigenvalue weighted by Gasteiger charge is -2.19. The molecule has 7 heteroatoms. The highest BCUT2D eigenvalue weighted by Gasteiger charge is 2.36. The Kier molecular flexibility index (Phi) is 5.57. The molecule has 3 rings (SSSR count). The average Bonchev–Trinajstić information content (AvgIpc) is 3.09. The molecule has 1 saturated heterocycles. The van der Waals surface area contributed by atoms with Gasteiger partial charge in [-0.2, -0.15) is 5.26 Å². The fourth-order valence-electron chi connectivity index (χ4n) is 2.96. The highest BCUT2D eigenvalue weighted by molar-refractivity contribution is 6.04. The Morgan fingerprint density at radius 3 is 2.70 bits per heavy atom. The summed E-state index contributed by atoms with van der Waals surface area (Å²) >= 11 is 0. The summed E-state index contributed by atoms with van der Waals surface area (Å²) in [7, 11) is 1.55. The number of ether oxygens (including phenoxy) is 2. The molecule has 1 aliphatic rings. The number of nitrogens with zero attached hydrogens (tertiary/aromatic N) is 2. The van der Waals surface area contributed by atoms with Crippen molar-refractivity contribution in [3.05, 3.63) is 48.5 Å². The van der Waals surface area contributed by atoms with Crippen molar-refractivity contribution in [3.63, 3.8) is 0 Å². The molecule has 1 N–H and O–H groups in total. The van der Waals surface area contributed by atoms with Gasteiger partial charge in [-0.3, -0.25) is 9.59 Å². The largest absolute Gasteiger partial charge is 0.495 e. The van der Waals surface area contributed by atoms with Crippen LogP contribution < -0.4 is 19.7 Å². The molecule has 2 aromatic carbocycles. The van der Waals surface area contributed by atoms with Crippen LogP contribution in [0.25, 0.3) is 0 Å². The van der Waals surface area contributed by atoms with Crippen LogP contribution >= 0.6 is 0 Å². The first-order chi connectivity index (χ1) is 13.1. The third-order valence-electron chi connectivity index (χ3n) is 4.30. The van der Waals surface area contributed by atoms with Crippen LogP contribution in [0, 0.1) is 17.2 Å². The molecule has 1 unspecified atom stereocenters. The molecule has 0 aliphatic carbocycles. The quantitative estimate of drug-likeness (QED) is 0.849. The van der Waals surface area contributed by atoms with E-state index in [0.29, 0.717) is 29.4 Å². The average molecular weight is 365 g/mol. The molecule has 0 bridgehead atoms. The minimum absolute atomic E-state index is 0.0331. The molecule has 1 aliphatic heterocycles. The Morgan fingerprint density at radius 1 is 1.26 bits per heavy atom. The lowest BCUT2D eigenvalue weighted by Crippen LogP contribution is -2.28. The standard InChI is InChI=1S/C20H19N3O4/c1-26-18-5-3-2-4-17(18)23-13-14(12-19(23)24)20(25)22-15-6-8-16(9-7-15)27-11-10-21/h2-9,14H,11-13H2,1H3,(H,22,25). The number of benzene rings is 2. The first kappa shape index (κ1) is 18.3. The Labute approximate surface area is 157 Å². The van der Waals surface area contributed by atoms with E-state index in [0.717, 1.165) is 0 Å². The fraction of sp³-hybridized carbons (Fsp3) is 0.250. The first-order valence-electron chi connectivity index (χ1n) is 8.46. The third kappa shape index (κ3) is 4.18. The van der Waals surface area contributed by atoms with Crippen molar-refractivity contribution in [2.45, 2.75) is 6.42 Å². The molecular weight excluding hydrogens is 346 g/mol. The Hall–Kier alpha value is -3.53. The summed E-state index contributed by atoms with van der Waals surface area (Å²) in [5.74, 6) is 0.371. The first-order valence-corrected chi connectivity index (χ1v) is 8.46. The molecule has 2 amide bonds. The second-order valence-corrected chi connectivity index (χ2v) is 6.04. The van der Waals surface area contributed by atoms with E-state index in [2.05, 4.69) is 5.32 Å². The van der Waals surface area contributed by atoms with Crippen LogP contribution in [-0.2, 0) is 9.59 Å². The predicted octanol–water partition coefficient (Wildman–Crippen LogP) is 2.59. The Balaban J connectivity index is 1.65. The van der Waals surface area contributed by atoms with Crippen LogP contribution in [0.1, 0.15) is 6.42 Å². The van der Waals surface area contributed by atoms with Gasteiger partial charge in [-0.05, 0) is 36.4 Å². The number of methoxy groups -OCH3 is 1. The van der Waals surface area contributed by atoms with E-state index in [-0.39, 0.29) is 24.8 Å². The van der Waals surface area contributed by atoms with Gasteiger partial charge in [0, 0.05) is 18.7 Å². The number of carbonyl (C=O) groups is 2. The van der Waals surface area contributed by atoms with Gasteiger partial charge in [0.1, 0.15) is 17.6 Å². The van der Waals surface area contributed by atoms with E-state index in [1.54, 1.807) is 48.4 Å². The third-order valence-corrected chi connectivity index (χ3v) is 4.30. The number of rotatable bonds is 6. The maximum atomic E-state index is 12.6. The fourth-order valence-corrected chi connectivity index (χ4v) is 2.96. The smallest absolute Gasteiger partial charge is 0.229 e. The number of nitriles is 1. The van der Waals surface area contributed by atoms with Gasteiger partial charge < -0.3 is 19.7 Å². The molecule has 0 radical (unpaired) electrons. The molecule has 1 heterocycles. The summed E-state index contributed by atoms with van der Waals surface area (Å²) in [5, 5.41) is 11.3. The number of hydrogen-bond acceptors (Lipinski definition) is 5. The molecule has 0 spiro atoms. The number of para-hydroxylation sites is 2. The molecule has 1 fully saturated rings. The lowest BCUT2D eigenvalue weighted by molar-refractivity contribution is -0.122. The highest BCUT2D eigenvalue weighted by Crippen LogP contribution is 2.33. The lowest BCUT2D eigenvalue weighted by atomic mass is 10.1. The van der Waals surface area contributed by atoms with Crippen LogP contribution in [0.2, 0.25) is 0 Å². The minimum atomic E-state index is -0.447. The molecule has 2 aromatic rings. The van der Waals surface area contributed by atoms with E-state index >= 15 is 0 Å². The topological polar surface area (TPSA) is 91.7 Å². The number of nitrogens with one attached hydrogen (secondary N) is 1. The molecule has 0 aromatic heterocycles. The monoisotopic (exact) mass is 365 g/mol. The summed E-state index contributed by atoms with van der Waals surface area (Å²) < 4.78 is 10.5. The second kappa shape index (κ2) is 8.23. The predicted molar refractivity (Wildman–Crippen MR) is 99.6 cm³/mol. The molecular formula is C20H19N3O4. The highest BCUT2D eigenvalue weighted by atomic mass is 16.5. The molecule has 0 saturated carbocycles. The maximum Gasteiger partial charge on any atom is 0.229 e. The van der Waals surface area contributed by atoms with Gasteiger partial charge >= 0.3 is 0 Å².